The van der Waals surface area contributed by atoms with Crippen molar-refractivity contribution in [3.8, 4) is 5.75 Å². The largest absolute Gasteiger partial charge is 0.482 e. The Morgan fingerprint density at radius 1 is 1.48 bits per heavy atom. The fourth-order valence-corrected chi connectivity index (χ4v) is 2.39. The van der Waals surface area contributed by atoms with Crippen LogP contribution in [0.1, 0.15) is 24.8 Å². The Hall–Kier alpha value is -1.73. The van der Waals surface area contributed by atoms with Gasteiger partial charge in [0.05, 0.1) is 5.02 Å². The molecule has 2 rings (SSSR count). The van der Waals surface area contributed by atoms with E-state index in [4.69, 9.17) is 16.3 Å². The monoisotopic (exact) mass is 329 g/mol. The first-order chi connectivity index (χ1) is 9.95. The predicted molar refractivity (Wildman–Crippen MR) is 79.5 cm³/mol. The number of benzene rings is 1. The molecular weight excluding hydrogens is 317 g/mol. The minimum atomic E-state index is -0.466. The maximum Gasteiger partial charge on any atom is 0.264 e. The van der Waals surface area contributed by atoms with Gasteiger partial charge < -0.3 is 4.74 Å². The van der Waals surface area contributed by atoms with Crippen LogP contribution in [0.3, 0.4) is 0 Å². The average molecular weight is 330 g/mol. The summed E-state index contributed by atoms with van der Waals surface area (Å²) in [5.41, 5.74) is 0. The molecule has 0 aliphatic carbocycles. The molecule has 0 radical (unpaired) electrons. The number of nitrogens with one attached hydrogen (secondary N) is 1. The highest BCUT2D eigenvalue weighted by molar-refractivity contribution is 7.15. The lowest BCUT2D eigenvalue weighted by Gasteiger charge is -2.07. The SMILES string of the molecule is CC(C)c1nnc(NC(=O)COc2ccc(F)cc2Cl)s1. The van der Waals surface area contributed by atoms with Crippen LogP contribution in [0.5, 0.6) is 5.75 Å². The van der Waals surface area contributed by atoms with Crippen LogP contribution in [0.2, 0.25) is 5.02 Å². The van der Waals surface area contributed by atoms with E-state index >= 15 is 0 Å². The summed E-state index contributed by atoms with van der Waals surface area (Å²) in [6, 6.07) is 3.69. The molecule has 5 nitrogen and oxygen atoms in total. The summed E-state index contributed by atoms with van der Waals surface area (Å²) < 4.78 is 18.1. The van der Waals surface area contributed by atoms with Crippen molar-refractivity contribution in [1.29, 1.82) is 0 Å². The van der Waals surface area contributed by atoms with Gasteiger partial charge in [0.15, 0.2) is 6.61 Å². The number of nitrogens with zero attached hydrogens (tertiary/aromatic N) is 2. The van der Waals surface area contributed by atoms with E-state index in [1.165, 1.54) is 23.5 Å². The number of hydrogen-bond donors (Lipinski definition) is 1. The van der Waals surface area contributed by atoms with Gasteiger partial charge in [-0.1, -0.05) is 36.8 Å². The molecule has 0 saturated carbocycles. The number of aromatic nitrogens is 2. The summed E-state index contributed by atoms with van der Waals surface area (Å²) in [7, 11) is 0. The number of halogens is 2. The Morgan fingerprint density at radius 3 is 2.86 bits per heavy atom. The van der Waals surface area contributed by atoms with Gasteiger partial charge in [0.1, 0.15) is 16.6 Å². The summed E-state index contributed by atoms with van der Waals surface area (Å²) in [6.07, 6.45) is 0. The van der Waals surface area contributed by atoms with Crippen LogP contribution in [0, 0.1) is 5.82 Å². The van der Waals surface area contributed by atoms with Crippen LogP contribution in [0.15, 0.2) is 18.2 Å². The zero-order valence-electron chi connectivity index (χ0n) is 11.4. The van der Waals surface area contributed by atoms with E-state index in [1.54, 1.807) is 0 Å². The second-order valence-corrected chi connectivity index (χ2v) is 5.93. The Labute approximate surface area is 130 Å². The molecule has 0 saturated heterocycles. The van der Waals surface area contributed by atoms with Crippen LogP contribution in [0.25, 0.3) is 0 Å². The fraction of sp³-hybridized carbons (Fsp3) is 0.308. The molecule has 0 spiro atoms. The first-order valence-corrected chi connectivity index (χ1v) is 7.36. The van der Waals surface area contributed by atoms with Gasteiger partial charge >= 0.3 is 0 Å². The summed E-state index contributed by atoms with van der Waals surface area (Å²) in [5, 5.41) is 11.8. The Bertz CT molecular complexity index is 648. The Balaban J connectivity index is 1.89. The molecule has 0 atom stereocenters. The first kappa shape index (κ1) is 15.7. The number of hydrogen-bond acceptors (Lipinski definition) is 5. The van der Waals surface area contributed by atoms with Crippen molar-refractivity contribution in [1.82, 2.24) is 10.2 Å². The van der Waals surface area contributed by atoms with Crippen molar-refractivity contribution < 1.29 is 13.9 Å². The molecule has 0 fully saturated rings. The summed E-state index contributed by atoms with van der Waals surface area (Å²) in [6.45, 7) is 3.74. The smallest absolute Gasteiger partial charge is 0.264 e. The molecule has 1 N–H and O–H groups in total. The van der Waals surface area contributed by atoms with E-state index in [0.717, 1.165) is 11.1 Å². The second-order valence-electron chi connectivity index (χ2n) is 4.51. The fourth-order valence-electron chi connectivity index (χ4n) is 1.41. The standard InChI is InChI=1S/C13H13ClFN3O2S/c1-7(2)12-17-18-13(21-12)16-11(19)6-20-10-4-3-8(15)5-9(10)14/h3-5,7H,6H2,1-2H3,(H,16,18,19). The Morgan fingerprint density at radius 2 is 2.24 bits per heavy atom. The summed E-state index contributed by atoms with van der Waals surface area (Å²) >= 11 is 7.11. The normalized spacial score (nSPS) is 10.7. The molecule has 0 aliphatic heterocycles. The van der Waals surface area contributed by atoms with Gasteiger partial charge in [-0.2, -0.15) is 0 Å². The molecule has 8 heteroatoms. The topological polar surface area (TPSA) is 64.1 Å². The van der Waals surface area contributed by atoms with Crippen LogP contribution >= 0.6 is 22.9 Å². The zero-order chi connectivity index (χ0) is 15.4. The molecule has 1 aromatic carbocycles. The molecule has 1 amide bonds. The van der Waals surface area contributed by atoms with Gasteiger partial charge in [0, 0.05) is 5.92 Å². The lowest BCUT2D eigenvalue weighted by atomic mass is 10.2. The van der Waals surface area contributed by atoms with Crippen molar-refractivity contribution in [3.63, 3.8) is 0 Å². The van der Waals surface area contributed by atoms with Crippen LogP contribution in [0.4, 0.5) is 9.52 Å². The van der Waals surface area contributed by atoms with E-state index in [2.05, 4.69) is 15.5 Å². The van der Waals surface area contributed by atoms with Crippen LogP contribution < -0.4 is 10.1 Å². The first-order valence-electron chi connectivity index (χ1n) is 6.17. The highest BCUT2D eigenvalue weighted by Gasteiger charge is 2.11. The predicted octanol–water partition coefficient (Wildman–Crippen LogP) is 3.47. The van der Waals surface area contributed by atoms with Gasteiger partial charge in [0.2, 0.25) is 5.13 Å². The van der Waals surface area contributed by atoms with Gasteiger partial charge in [-0.25, -0.2) is 4.39 Å². The highest BCUT2D eigenvalue weighted by Crippen LogP contribution is 2.25. The molecule has 0 unspecified atom stereocenters. The highest BCUT2D eigenvalue weighted by atomic mass is 35.5. The maximum atomic E-state index is 12.9. The molecule has 21 heavy (non-hydrogen) atoms. The van der Waals surface area contributed by atoms with Gasteiger partial charge in [0.25, 0.3) is 5.91 Å². The summed E-state index contributed by atoms with van der Waals surface area (Å²) in [5.74, 6) is -0.357. The minimum absolute atomic E-state index is 0.112. The molecule has 0 aliphatic rings. The van der Waals surface area contributed by atoms with Gasteiger partial charge in [-0.15, -0.1) is 10.2 Å². The average Bonchev–Trinajstić information content (AvgIpc) is 2.86. The molecule has 112 valence electrons. The van der Waals surface area contributed by atoms with Crippen LogP contribution in [-0.2, 0) is 4.79 Å². The number of anilines is 1. The lowest BCUT2D eigenvalue weighted by Crippen LogP contribution is -2.20. The van der Waals surface area contributed by atoms with E-state index in [0.29, 0.717) is 5.13 Å². The number of rotatable bonds is 5. The Kier molecular flexibility index (Phi) is 5.08. The molecule has 0 bridgehead atoms. The van der Waals surface area contributed by atoms with Gasteiger partial charge in [-0.3, -0.25) is 10.1 Å². The van der Waals surface area contributed by atoms with Crippen molar-refractivity contribution in [3.05, 3.63) is 34.0 Å². The quantitative estimate of drug-likeness (QED) is 0.912. The number of carbonyl (C=O) groups is 1. The number of carbonyl (C=O) groups excluding carboxylic acids is 1. The maximum absolute atomic E-state index is 12.9. The van der Waals surface area contributed by atoms with Crippen LogP contribution in [-0.4, -0.2) is 22.7 Å². The zero-order valence-corrected chi connectivity index (χ0v) is 13.0. The van der Waals surface area contributed by atoms with Crippen molar-refractivity contribution >= 4 is 34.0 Å². The third kappa shape index (κ3) is 4.37. The van der Waals surface area contributed by atoms with E-state index in [1.807, 2.05) is 13.8 Å². The second kappa shape index (κ2) is 6.82. The van der Waals surface area contributed by atoms with E-state index in [9.17, 15) is 9.18 Å². The number of amides is 1. The van der Waals surface area contributed by atoms with Crippen molar-refractivity contribution in [2.24, 2.45) is 0 Å². The minimum Gasteiger partial charge on any atom is -0.482 e. The molecular formula is C13H13ClFN3O2S. The van der Waals surface area contributed by atoms with E-state index < -0.39 is 5.82 Å². The third-order valence-corrected chi connectivity index (χ3v) is 3.87. The molecule has 2 aromatic rings. The third-order valence-electron chi connectivity index (χ3n) is 2.43. The molecule has 1 heterocycles. The molecule has 1 aromatic heterocycles. The van der Waals surface area contributed by atoms with Crippen molar-refractivity contribution in [2.45, 2.75) is 19.8 Å². The van der Waals surface area contributed by atoms with E-state index in [-0.39, 0.29) is 29.2 Å². The summed E-state index contributed by atoms with van der Waals surface area (Å²) in [4.78, 5) is 11.7. The number of ether oxygens (including phenoxy) is 1. The van der Waals surface area contributed by atoms with Crippen molar-refractivity contribution in [2.75, 3.05) is 11.9 Å². The lowest BCUT2D eigenvalue weighted by molar-refractivity contribution is -0.118. The van der Waals surface area contributed by atoms with Gasteiger partial charge in [-0.05, 0) is 18.2 Å².